The van der Waals surface area contributed by atoms with Gasteiger partial charge in [-0.15, -0.1) is 0 Å². The van der Waals surface area contributed by atoms with E-state index in [0.29, 0.717) is 12.5 Å². The quantitative estimate of drug-likeness (QED) is 0.816. The Morgan fingerprint density at radius 1 is 1.32 bits per heavy atom. The van der Waals surface area contributed by atoms with E-state index in [-0.39, 0.29) is 18.6 Å². The number of carbonyl (C=O) groups excluding carboxylic acids is 1. The molecule has 0 aliphatic carbocycles. The van der Waals surface area contributed by atoms with Crippen molar-refractivity contribution in [1.29, 1.82) is 0 Å². The van der Waals surface area contributed by atoms with E-state index in [9.17, 15) is 9.90 Å². The number of hydrogen-bond acceptors (Lipinski definition) is 4. The van der Waals surface area contributed by atoms with Crippen molar-refractivity contribution in [3.05, 3.63) is 0 Å². The first-order valence-electron chi connectivity index (χ1n) is 7.08. The second-order valence-corrected chi connectivity index (χ2v) is 6.47. The van der Waals surface area contributed by atoms with Crippen LogP contribution in [0.1, 0.15) is 33.6 Å². The molecule has 1 heterocycles. The number of aliphatic hydroxyl groups is 1. The van der Waals surface area contributed by atoms with Crippen LogP contribution in [-0.4, -0.2) is 55.0 Å². The fourth-order valence-corrected chi connectivity index (χ4v) is 2.39. The number of amides is 1. The first-order chi connectivity index (χ1) is 8.81. The van der Waals surface area contributed by atoms with E-state index in [2.05, 4.69) is 17.3 Å². The lowest BCUT2D eigenvalue weighted by atomic mass is 9.88. The van der Waals surface area contributed by atoms with Crippen molar-refractivity contribution in [2.24, 2.45) is 11.8 Å². The van der Waals surface area contributed by atoms with E-state index < -0.39 is 5.60 Å². The Kier molecular flexibility index (Phi) is 6.07. The van der Waals surface area contributed by atoms with Crippen molar-refractivity contribution >= 4 is 6.09 Å². The van der Waals surface area contributed by atoms with Gasteiger partial charge in [0.1, 0.15) is 5.60 Å². The van der Waals surface area contributed by atoms with Crippen LogP contribution in [0.15, 0.2) is 0 Å². The van der Waals surface area contributed by atoms with Gasteiger partial charge in [0.15, 0.2) is 0 Å². The zero-order valence-corrected chi connectivity index (χ0v) is 12.6. The van der Waals surface area contributed by atoms with E-state index in [0.717, 1.165) is 25.9 Å². The van der Waals surface area contributed by atoms with Crippen LogP contribution < -0.4 is 5.32 Å². The van der Waals surface area contributed by atoms with E-state index in [4.69, 9.17) is 4.74 Å². The Morgan fingerprint density at radius 3 is 2.42 bits per heavy atom. The van der Waals surface area contributed by atoms with Crippen LogP contribution in [0.5, 0.6) is 0 Å². The summed E-state index contributed by atoms with van der Waals surface area (Å²) in [5, 5.41) is 12.3. The van der Waals surface area contributed by atoms with Crippen LogP contribution in [0.25, 0.3) is 0 Å². The molecule has 2 atom stereocenters. The molecule has 1 saturated heterocycles. The van der Waals surface area contributed by atoms with Gasteiger partial charge in [0, 0.05) is 13.2 Å². The summed E-state index contributed by atoms with van der Waals surface area (Å²) in [6.07, 6.45) is 1.60. The maximum absolute atomic E-state index is 11.6. The molecule has 19 heavy (non-hydrogen) atoms. The fourth-order valence-electron chi connectivity index (χ4n) is 2.39. The average Bonchev–Trinajstić information content (AvgIpc) is 2.46. The third-order valence-electron chi connectivity index (χ3n) is 3.57. The second-order valence-electron chi connectivity index (χ2n) is 6.47. The van der Waals surface area contributed by atoms with Gasteiger partial charge in [-0.1, -0.05) is 0 Å². The summed E-state index contributed by atoms with van der Waals surface area (Å²) in [5.74, 6) is 0.586. The molecule has 2 N–H and O–H groups in total. The van der Waals surface area contributed by atoms with E-state index >= 15 is 0 Å². The summed E-state index contributed by atoms with van der Waals surface area (Å²) in [5.41, 5.74) is -0.468. The molecule has 5 heteroatoms. The zero-order chi connectivity index (χ0) is 14.5. The van der Waals surface area contributed by atoms with Gasteiger partial charge >= 0.3 is 6.09 Å². The van der Waals surface area contributed by atoms with Gasteiger partial charge in [0.05, 0.1) is 0 Å². The summed E-state index contributed by atoms with van der Waals surface area (Å²) in [6.45, 7) is 8.34. The van der Waals surface area contributed by atoms with Crippen molar-refractivity contribution in [1.82, 2.24) is 10.2 Å². The third kappa shape index (κ3) is 6.25. The highest BCUT2D eigenvalue weighted by Gasteiger charge is 2.26. The highest BCUT2D eigenvalue weighted by Crippen LogP contribution is 2.23. The monoisotopic (exact) mass is 272 g/mol. The van der Waals surface area contributed by atoms with E-state index in [1.165, 1.54) is 0 Å². The largest absolute Gasteiger partial charge is 0.444 e. The number of hydrogen-bond donors (Lipinski definition) is 2. The Bertz CT molecular complexity index is 289. The molecule has 0 aromatic heterocycles. The van der Waals surface area contributed by atoms with Crippen molar-refractivity contribution < 1.29 is 14.6 Å². The fraction of sp³-hybridized carbons (Fsp3) is 0.929. The number of nitrogens with zero attached hydrogens (tertiary/aromatic N) is 1. The van der Waals surface area contributed by atoms with Crippen molar-refractivity contribution in [2.75, 3.05) is 33.3 Å². The van der Waals surface area contributed by atoms with Crippen LogP contribution in [0.4, 0.5) is 4.79 Å². The molecule has 112 valence electrons. The highest BCUT2D eigenvalue weighted by atomic mass is 16.6. The maximum Gasteiger partial charge on any atom is 0.407 e. The summed E-state index contributed by atoms with van der Waals surface area (Å²) in [7, 11) is 2.10. The Hall–Kier alpha value is -0.810. The summed E-state index contributed by atoms with van der Waals surface area (Å²) < 4.78 is 5.23. The standard InChI is InChI=1S/C14H28N2O3/c1-14(2,3)19-13(18)15-9-11-5-7-16(4)8-6-12(11)10-17/h11-12,17H,5-10H2,1-4H3,(H,15,18). The van der Waals surface area contributed by atoms with Crippen LogP contribution >= 0.6 is 0 Å². The van der Waals surface area contributed by atoms with Crippen LogP contribution in [0, 0.1) is 11.8 Å². The molecule has 0 aromatic carbocycles. The Labute approximate surface area is 116 Å². The zero-order valence-electron chi connectivity index (χ0n) is 12.6. The predicted molar refractivity (Wildman–Crippen MR) is 75.0 cm³/mol. The first-order valence-corrected chi connectivity index (χ1v) is 7.08. The van der Waals surface area contributed by atoms with Gasteiger partial charge in [0.2, 0.25) is 0 Å². The number of rotatable bonds is 3. The van der Waals surface area contributed by atoms with Crippen LogP contribution in [-0.2, 0) is 4.74 Å². The molecule has 0 bridgehead atoms. The van der Waals surface area contributed by atoms with Crippen molar-refractivity contribution in [2.45, 2.75) is 39.2 Å². The minimum atomic E-state index is -0.468. The molecule has 0 aromatic rings. The normalized spacial score (nSPS) is 25.7. The lowest BCUT2D eigenvalue weighted by molar-refractivity contribution is 0.0505. The topological polar surface area (TPSA) is 61.8 Å². The number of likely N-dealkylation sites (tertiary alicyclic amines) is 1. The smallest absolute Gasteiger partial charge is 0.407 e. The average molecular weight is 272 g/mol. The number of aliphatic hydroxyl groups excluding tert-OH is 1. The summed E-state index contributed by atoms with van der Waals surface area (Å²) in [4.78, 5) is 13.9. The molecule has 0 spiro atoms. The summed E-state index contributed by atoms with van der Waals surface area (Å²) in [6, 6.07) is 0. The van der Waals surface area contributed by atoms with Gasteiger partial charge in [-0.25, -0.2) is 4.79 Å². The molecule has 1 fully saturated rings. The SMILES string of the molecule is CN1CCC(CO)C(CNC(=O)OC(C)(C)C)CC1. The summed E-state index contributed by atoms with van der Waals surface area (Å²) >= 11 is 0. The molecule has 1 aliphatic rings. The highest BCUT2D eigenvalue weighted by molar-refractivity contribution is 5.67. The molecule has 5 nitrogen and oxygen atoms in total. The molecule has 0 radical (unpaired) electrons. The number of carbonyl (C=O) groups is 1. The van der Waals surface area contributed by atoms with Crippen LogP contribution in [0.3, 0.4) is 0 Å². The molecule has 2 unspecified atom stereocenters. The van der Waals surface area contributed by atoms with Gasteiger partial charge in [-0.2, -0.15) is 0 Å². The Balaban J connectivity index is 2.43. The number of ether oxygens (including phenoxy) is 1. The molecule has 0 saturated carbocycles. The van der Waals surface area contributed by atoms with Gasteiger partial charge in [-0.3, -0.25) is 0 Å². The predicted octanol–water partition coefficient (Wildman–Crippen LogP) is 1.46. The van der Waals surface area contributed by atoms with Crippen molar-refractivity contribution in [3.8, 4) is 0 Å². The van der Waals surface area contributed by atoms with Gasteiger partial charge in [-0.05, 0) is 65.6 Å². The van der Waals surface area contributed by atoms with Crippen molar-refractivity contribution in [3.63, 3.8) is 0 Å². The molecule has 1 aliphatic heterocycles. The van der Waals surface area contributed by atoms with Gasteiger partial charge < -0.3 is 20.1 Å². The minimum absolute atomic E-state index is 0.189. The lowest BCUT2D eigenvalue weighted by Gasteiger charge is -2.25. The lowest BCUT2D eigenvalue weighted by Crippen LogP contribution is -2.37. The molecular weight excluding hydrogens is 244 g/mol. The third-order valence-corrected chi connectivity index (χ3v) is 3.57. The van der Waals surface area contributed by atoms with Crippen LogP contribution in [0.2, 0.25) is 0 Å². The molecular formula is C14H28N2O3. The Morgan fingerprint density at radius 2 is 1.89 bits per heavy atom. The first kappa shape index (κ1) is 16.2. The maximum atomic E-state index is 11.6. The molecule has 1 rings (SSSR count). The number of alkyl carbamates (subject to hydrolysis) is 1. The minimum Gasteiger partial charge on any atom is -0.444 e. The van der Waals surface area contributed by atoms with E-state index in [1.807, 2.05) is 20.8 Å². The second kappa shape index (κ2) is 7.10. The van der Waals surface area contributed by atoms with Gasteiger partial charge in [0.25, 0.3) is 0 Å². The van der Waals surface area contributed by atoms with E-state index in [1.54, 1.807) is 0 Å². The molecule has 1 amide bonds. The number of nitrogens with one attached hydrogen (secondary N) is 1.